The Morgan fingerprint density at radius 3 is 2.95 bits per heavy atom. The van der Waals surface area contributed by atoms with Gasteiger partial charge >= 0.3 is 0 Å². The lowest BCUT2D eigenvalue weighted by Crippen LogP contribution is -2.35. The first kappa shape index (κ1) is 15.1. The van der Waals surface area contributed by atoms with Crippen molar-refractivity contribution >= 4 is 28.9 Å². The highest BCUT2D eigenvalue weighted by atomic mass is 35.5. The Morgan fingerprint density at radius 1 is 1.55 bits per heavy atom. The smallest absolute Gasteiger partial charge is 0.238 e. The zero-order chi connectivity index (χ0) is 14.7. The number of nitrogens with one attached hydrogen (secondary N) is 1. The van der Waals surface area contributed by atoms with Gasteiger partial charge in [0.05, 0.1) is 17.3 Å². The fourth-order valence-corrected chi connectivity index (χ4v) is 2.57. The van der Waals surface area contributed by atoms with Crippen molar-refractivity contribution in [3.8, 4) is 0 Å². The first-order chi connectivity index (χ1) is 9.45. The van der Waals surface area contributed by atoms with E-state index in [-0.39, 0.29) is 5.91 Å². The molecule has 20 heavy (non-hydrogen) atoms. The van der Waals surface area contributed by atoms with Gasteiger partial charge in [0.15, 0.2) is 0 Å². The Bertz CT molecular complexity index is 492. The summed E-state index contributed by atoms with van der Waals surface area (Å²) >= 11 is 6.03. The molecule has 5 nitrogen and oxygen atoms in total. The zero-order valence-electron chi connectivity index (χ0n) is 11.9. The van der Waals surface area contributed by atoms with Gasteiger partial charge in [-0.1, -0.05) is 11.6 Å². The number of benzene rings is 1. The zero-order valence-corrected chi connectivity index (χ0v) is 12.7. The minimum Gasteiger partial charge on any atom is -0.399 e. The molecule has 0 radical (unpaired) electrons. The molecule has 1 fully saturated rings. The number of nitrogens with two attached hydrogens (primary N) is 1. The van der Waals surface area contributed by atoms with Crippen LogP contribution in [0.2, 0.25) is 5.02 Å². The largest absolute Gasteiger partial charge is 0.399 e. The topological polar surface area (TPSA) is 61.6 Å². The van der Waals surface area contributed by atoms with Crippen molar-refractivity contribution in [2.45, 2.75) is 12.5 Å². The predicted molar refractivity (Wildman–Crippen MR) is 83.0 cm³/mol. The lowest BCUT2D eigenvalue weighted by molar-refractivity contribution is -0.117. The molecular formula is C14H21ClN4O. The average molecular weight is 297 g/mol. The number of carbonyl (C=O) groups excluding carboxylic acids is 1. The summed E-state index contributed by atoms with van der Waals surface area (Å²) in [5, 5.41) is 3.32. The quantitative estimate of drug-likeness (QED) is 0.827. The van der Waals surface area contributed by atoms with Crippen LogP contribution in [-0.2, 0) is 4.79 Å². The Balaban J connectivity index is 1.88. The summed E-state index contributed by atoms with van der Waals surface area (Å²) in [6.07, 6.45) is 1.10. The summed E-state index contributed by atoms with van der Waals surface area (Å²) in [6, 6.07) is 5.59. The van der Waals surface area contributed by atoms with E-state index in [1.807, 2.05) is 0 Å². The predicted octanol–water partition coefficient (Wildman–Crippen LogP) is 1.50. The van der Waals surface area contributed by atoms with E-state index >= 15 is 0 Å². The Hall–Kier alpha value is -1.30. The van der Waals surface area contributed by atoms with E-state index in [2.05, 4.69) is 29.2 Å². The molecule has 1 atom stereocenters. The number of hydrogen-bond donors (Lipinski definition) is 2. The molecule has 0 bridgehead atoms. The summed E-state index contributed by atoms with van der Waals surface area (Å²) in [4.78, 5) is 16.4. The van der Waals surface area contributed by atoms with E-state index in [0.29, 0.717) is 29.0 Å². The molecule has 1 saturated heterocycles. The highest BCUT2D eigenvalue weighted by Gasteiger charge is 2.25. The van der Waals surface area contributed by atoms with Gasteiger partial charge in [0.2, 0.25) is 5.91 Å². The van der Waals surface area contributed by atoms with Crippen LogP contribution in [0.15, 0.2) is 18.2 Å². The van der Waals surface area contributed by atoms with Gasteiger partial charge < -0.3 is 16.0 Å². The maximum atomic E-state index is 12.0. The number of rotatable bonds is 4. The highest BCUT2D eigenvalue weighted by molar-refractivity contribution is 6.33. The number of amides is 1. The van der Waals surface area contributed by atoms with Gasteiger partial charge in [-0.05, 0) is 38.7 Å². The molecule has 1 aromatic carbocycles. The summed E-state index contributed by atoms with van der Waals surface area (Å²) in [7, 11) is 4.14. The van der Waals surface area contributed by atoms with Gasteiger partial charge in [0.25, 0.3) is 0 Å². The van der Waals surface area contributed by atoms with Gasteiger partial charge in [-0.3, -0.25) is 9.69 Å². The number of carbonyl (C=O) groups is 1. The van der Waals surface area contributed by atoms with Crippen LogP contribution < -0.4 is 11.1 Å². The molecule has 3 N–H and O–H groups in total. The van der Waals surface area contributed by atoms with Gasteiger partial charge in [-0.25, -0.2) is 0 Å². The Morgan fingerprint density at radius 2 is 2.30 bits per heavy atom. The number of halogens is 1. The van der Waals surface area contributed by atoms with Gasteiger partial charge in [-0.15, -0.1) is 0 Å². The monoisotopic (exact) mass is 296 g/mol. The maximum absolute atomic E-state index is 12.0. The number of anilines is 2. The van der Waals surface area contributed by atoms with Crippen LogP contribution in [0.3, 0.4) is 0 Å². The normalized spacial score (nSPS) is 19.5. The van der Waals surface area contributed by atoms with Crippen LogP contribution in [0.4, 0.5) is 11.4 Å². The van der Waals surface area contributed by atoms with Gasteiger partial charge in [0, 0.05) is 24.8 Å². The molecule has 1 unspecified atom stereocenters. The van der Waals surface area contributed by atoms with Crippen molar-refractivity contribution in [2.24, 2.45) is 0 Å². The second-order valence-electron chi connectivity index (χ2n) is 5.43. The van der Waals surface area contributed by atoms with E-state index in [1.165, 1.54) is 0 Å². The molecule has 0 aromatic heterocycles. The molecule has 0 aliphatic carbocycles. The molecule has 1 amide bonds. The van der Waals surface area contributed by atoms with Gasteiger partial charge in [0.1, 0.15) is 0 Å². The fourth-order valence-electron chi connectivity index (χ4n) is 2.41. The SMILES string of the molecule is CN(C)C1CCN(CC(=O)Nc2cc(N)ccc2Cl)C1. The van der Waals surface area contributed by atoms with Crippen molar-refractivity contribution in [3.63, 3.8) is 0 Å². The Kier molecular flexibility index (Phi) is 4.86. The van der Waals surface area contributed by atoms with E-state index < -0.39 is 0 Å². The maximum Gasteiger partial charge on any atom is 0.238 e. The summed E-state index contributed by atoms with van der Waals surface area (Å²) in [5.41, 5.74) is 6.84. The second kappa shape index (κ2) is 6.43. The van der Waals surface area contributed by atoms with Crippen molar-refractivity contribution < 1.29 is 4.79 Å². The first-order valence-corrected chi connectivity index (χ1v) is 7.07. The summed E-state index contributed by atoms with van der Waals surface area (Å²) in [5.74, 6) is -0.0584. The van der Waals surface area contributed by atoms with Crippen molar-refractivity contribution in [2.75, 3.05) is 44.8 Å². The average Bonchev–Trinajstić information content (AvgIpc) is 2.82. The molecule has 1 heterocycles. The standard InChI is InChI=1S/C14H21ClN4O/c1-18(2)11-5-6-19(8-11)9-14(20)17-13-7-10(16)3-4-12(13)15/h3-4,7,11H,5-6,8-9,16H2,1-2H3,(H,17,20). The number of likely N-dealkylation sites (N-methyl/N-ethyl adjacent to an activating group) is 1. The number of nitrogen functional groups attached to an aromatic ring is 1. The molecule has 1 aliphatic rings. The number of likely N-dealkylation sites (tertiary alicyclic amines) is 1. The first-order valence-electron chi connectivity index (χ1n) is 6.69. The van der Waals surface area contributed by atoms with Crippen LogP contribution in [0.25, 0.3) is 0 Å². The molecule has 0 saturated carbocycles. The fraction of sp³-hybridized carbons (Fsp3) is 0.500. The number of hydrogen-bond acceptors (Lipinski definition) is 4. The Labute approximate surface area is 124 Å². The number of nitrogens with zero attached hydrogens (tertiary/aromatic N) is 2. The van der Waals surface area contributed by atoms with Crippen molar-refractivity contribution in [1.82, 2.24) is 9.80 Å². The lowest BCUT2D eigenvalue weighted by Gasteiger charge is -2.20. The van der Waals surface area contributed by atoms with Crippen molar-refractivity contribution in [3.05, 3.63) is 23.2 Å². The third-order valence-electron chi connectivity index (χ3n) is 3.61. The molecule has 1 aromatic rings. The van der Waals surface area contributed by atoms with Crippen LogP contribution in [0, 0.1) is 0 Å². The van der Waals surface area contributed by atoms with Gasteiger partial charge in [-0.2, -0.15) is 0 Å². The second-order valence-corrected chi connectivity index (χ2v) is 5.84. The van der Waals surface area contributed by atoms with Crippen LogP contribution in [-0.4, -0.2) is 55.5 Å². The lowest BCUT2D eigenvalue weighted by atomic mass is 10.2. The van der Waals surface area contributed by atoms with E-state index in [4.69, 9.17) is 17.3 Å². The summed E-state index contributed by atoms with van der Waals surface area (Å²) < 4.78 is 0. The molecular weight excluding hydrogens is 276 g/mol. The van der Waals surface area contributed by atoms with Crippen LogP contribution >= 0.6 is 11.6 Å². The van der Waals surface area contributed by atoms with E-state index in [1.54, 1.807) is 18.2 Å². The third kappa shape index (κ3) is 3.85. The van der Waals surface area contributed by atoms with Crippen molar-refractivity contribution in [1.29, 1.82) is 0 Å². The minimum absolute atomic E-state index is 0.0584. The highest BCUT2D eigenvalue weighted by Crippen LogP contribution is 2.24. The molecule has 6 heteroatoms. The van der Waals surface area contributed by atoms with Crippen LogP contribution in [0.5, 0.6) is 0 Å². The minimum atomic E-state index is -0.0584. The molecule has 0 spiro atoms. The van der Waals surface area contributed by atoms with E-state index in [9.17, 15) is 4.79 Å². The molecule has 2 rings (SSSR count). The molecule has 110 valence electrons. The third-order valence-corrected chi connectivity index (χ3v) is 3.94. The molecule has 1 aliphatic heterocycles. The van der Waals surface area contributed by atoms with E-state index in [0.717, 1.165) is 19.5 Å². The summed E-state index contributed by atoms with van der Waals surface area (Å²) in [6.45, 7) is 2.25. The van der Waals surface area contributed by atoms with Crippen LogP contribution in [0.1, 0.15) is 6.42 Å².